The van der Waals surface area contributed by atoms with Crippen LogP contribution in [0.15, 0.2) is 30.5 Å². The molecule has 2 aromatic heterocycles. The zero-order chi connectivity index (χ0) is 11.1. The minimum absolute atomic E-state index is 0.655. The van der Waals surface area contributed by atoms with Crippen LogP contribution in [0.1, 0.15) is 0 Å². The van der Waals surface area contributed by atoms with Gasteiger partial charge in [-0.15, -0.1) is 0 Å². The third-order valence-electron chi connectivity index (χ3n) is 2.53. The molecule has 1 N–H and O–H groups in total. The summed E-state index contributed by atoms with van der Waals surface area (Å²) in [6.45, 7) is 0. The molecule has 0 saturated carbocycles. The first-order valence-electron chi connectivity index (χ1n) is 4.88. The molecule has 0 saturated heterocycles. The molecular formula is C11H9ClN4. The second kappa shape index (κ2) is 3.35. The predicted molar refractivity (Wildman–Crippen MR) is 63.3 cm³/mol. The Kier molecular flexibility index (Phi) is 1.97. The van der Waals surface area contributed by atoms with E-state index in [-0.39, 0.29) is 0 Å². The van der Waals surface area contributed by atoms with Crippen LogP contribution in [0, 0.1) is 0 Å². The Morgan fingerprint density at radius 1 is 1.31 bits per heavy atom. The first-order chi connectivity index (χ1) is 7.75. The average molecular weight is 233 g/mol. The molecule has 0 bridgehead atoms. The van der Waals surface area contributed by atoms with E-state index in [9.17, 15) is 0 Å². The number of rotatable bonds is 1. The van der Waals surface area contributed by atoms with Gasteiger partial charge in [-0.3, -0.25) is 4.68 Å². The number of halogens is 1. The maximum Gasteiger partial charge on any atom is 0.156 e. The van der Waals surface area contributed by atoms with Gasteiger partial charge in [0, 0.05) is 13.2 Å². The number of nitrogens with one attached hydrogen (secondary N) is 1. The van der Waals surface area contributed by atoms with E-state index in [1.807, 2.05) is 31.3 Å². The highest BCUT2D eigenvalue weighted by Crippen LogP contribution is 2.24. The van der Waals surface area contributed by atoms with Crippen molar-refractivity contribution in [2.75, 3.05) is 0 Å². The van der Waals surface area contributed by atoms with Gasteiger partial charge in [-0.1, -0.05) is 17.7 Å². The lowest BCUT2D eigenvalue weighted by Gasteiger charge is -1.95. The molecule has 0 fully saturated rings. The standard InChI is InChI=1S/C11H9ClN4/c1-16-9(5-6-13-16)11-14-8-4-2-3-7(12)10(8)15-11/h2-6H,1H3,(H,14,15). The lowest BCUT2D eigenvalue weighted by molar-refractivity contribution is 0.771. The monoisotopic (exact) mass is 232 g/mol. The largest absolute Gasteiger partial charge is 0.337 e. The molecule has 80 valence electrons. The molecule has 3 rings (SSSR count). The number of hydrogen-bond donors (Lipinski definition) is 1. The summed E-state index contributed by atoms with van der Waals surface area (Å²) in [6.07, 6.45) is 1.74. The summed E-state index contributed by atoms with van der Waals surface area (Å²) < 4.78 is 1.77. The molecule has 0 spiro atoms. The Balaban J connectivity index is 2.27. The zero-order valence-corrected chi connectivity index (χ0v) is 9.36. The summed E-state index contributed by atoms with van der Waals surface area (Å²) in [5.74, 6) is 0.781. The van der Waals surface area contributed by atoms with E-state index in [2.05, 4.69) is 15.1 Å². The van der Waals surface area contributed by atoms with Gasteiger partial charge in [0.05, 0.1) is 10.5 Å². The van der Waals surface area contributed by atoms with Crippen LogP contribution in [0.4, 0.5) is 0 Å². The van der Waals surface area contributed by atoms with Crippen molar-refractivity contribution in [1.29, 1.82) is 0 Å². The molecule has 0 unspecified atom stereocenters. The van der Waals surface area contributed by atoms with E-state index >= 15 is 0 Å². The van der Waals surface area contributed by atoms with Gasteiger partial charge in [0.1, 0.15) is 11.2 Å². The van der Waals surface area contributed by atoms with Gasteiger partial charge in [0.15, 0.2) is 5.82 Å². The number of aromatic amines is 1. The van der Waals surface area contributed by atoms with E-state index in [1.54, 1.807) is 10.9 Å². The number of aromatic nitrogens is 4. The first kappa shape index (κ1) is 9.42. The number of hydrogen-bond acceptors (Lipinski definition) is 2. The summed E-state index contributed by atoms with van der Waals surface area (Å²) in [7, 11) is 1.88. The Bertz CT molecular complexity index is 653. The van der Waals surface area contributed by atoms with Gasteiger partial charge in [0.2, 0.25) is 0 Å². The normalized spacial score (nSPS) is 11.1. The highest BCUT2D eigenvalue weighted by Gasteiger charge is 2.09. The molecule has 0 radical (unpaired) electrons. The van der Waals surface area contributed by atoms with Gasteiger partial charge < -0.3 is 4.98 Å². The van der Waals surface area contributed by atoms with E-state index in [0.29, 0.717) is 5.02 Å². The van der Waals surface area contributed by atoms with E-state index < -0.39 is 0 Å². The van der Waals surface area contributed by atoms with Gasteiger partial charge in [-0.05, 0) is 18.2 Å². The van der Waals surface area contributed by atoms with Crippen LogP contribution in [0.3, 0.4) is 0 Å². The number of imidazole rings is 1. The van der Waals surface area contributed by atoms with Crippen molar-refractivity contribution in [2.24, 2.45) is 7.05 Å². The van der Waals surface area contributed by atoms with Crippen LogP contribution in [0.2, 0.25) is 5.02 Å². The van der Waals surface area contributed by atoms with Crippen LogP contribution in [-0.2, 0) is 7.05 Å². The summed E-state index contributed by atoms with van der Waals surface area (Å²) in [5, 5.41) is 4.76. The van der Waals surface area contributed by atoms with E-state index in [4.69, 9.17) is 11.6 Å². The number of aryl methyl sites for hydroxylation is 1. The molecule has 0 aliphatic rings. The Labute approximate surface area is 96.9 Å². The molecule has 0 amide bonds. The van der Waals surface area contributed by atoms with E-state index in [0.717, 1.165) is 22.6 Å². The zero-order valence-electron chi connectivity index (χ0n) is 8.61. The minimum atomic E-state index is 0.655. The third-order valence-corrected chi connectivity index (χ3v) is 2.83. The summed E-state index contributed by atoms with van der Waals surface area (Å²) in [5.41, 5.74) is 2.66. The molecule has 0 atom stereocenters. The lowest BCUT2D eigenvalue weighted by atomic mass is 10.3. The fourth-order valence-corrected chi connectivity index (χ4v) is 1.94. The second-order valence-electron chi connectivity index (χ2n) is 3.56. The average Bonchev–Trinajstić information content (AvgIpc) is 2.84. The van der Waals surface area contributed by atoms with Crippen molar-refractivity contribution in [3.63, 3.8) is 0 Å². The SMILES string of the molecule is Cn1nccc1-c1nc2c(Cl)cccc2[nH]1. The summed E-state index contributed by atoms with van der Waals surface area (Å²) in [6, 6.07) is 7.59. The van der Waals surface area contributed by atoms with E-state index in [1.165, 1.54) is 0 Å². The molecule has 5 heteroatoms. The molecule has 1 aromatic carbocycles. The number of nitrogens with zero attached hydrogens (tertiary/aromatic N) is 3. The predicted octanol–water partition coefficient (Wildman–Crippen LogP) is 2.62. The maximum absolute atomic E-state index is 6.07. The molecule has 0 aliphatic carbocycles. The van der Waals surface area contributed by atoms with Crippen LogP contribution in [0.25, 0.3) is 22.6 Å². The van der Waals surface area contributed by atoms with Gasteiger partial charge in [-0.2, -0.15) is 5.10 Å². The first-order valence-corrected chi connectivity index (χ1v) is 5.26. The van der Waals surface area contributed by atoms with Gasteiger partial charge in [-0.25, -0.2) is 4.98 Å². The molecule has 4 nitrogen and oxygen atoms in total. The van der Waals surface area contributed by atoms with Crippen LogP contribution >= 0.6 is 11.6 Å². The summed E-state index contributed by atoms with van der Waals surface area (Å²) in [4.78, 5) is 7.69. The molecule has 2 heterocycles. The van der Waals surface area contributed by atoms with Crippen LogP contribution in [0.5, 0.6) is 0 Å². The fraction of sp³-hybridized carbons (Fsp3) is 0.0909. The smallest absolute Gasteiger partial charge is 0.156 e. The number of H-pyrrole nitrogens is 1. The number of fused-ring (bicyclic) bond motifs is 1. The van der Waals surface area contributed by atoms with Crippen molar-refractivity contribution in [1.82, 2.24) is 19.7 Å². The molecular weight excluding hydrogens is 224 g/mol. The van der Waals surface area contributed by atoms with Gasteiger partial charge in [0.25, 0.3) is 0 Å². The van der Waals surface area contributed by atoms with Crippen LogP contribution in [-0.4, -0.2) is 19.7 Å². The number of para-hydroxylation sites is 1. The van der Waals surface area contributed by atoms with Gasteiger partial charge >= 0.3 is 0 Å². The van der Waals surface area contributed by atoms with Crippen molar-refractivity contribution >= 4 is 22.6 Å². The van der Waals surface area contributed by atoms with Crippen molar-refractivity contribution in [3.05, 3.63) is 35.5 Å². The number of benzene rings is 1. The Morgan fingerprint density at radius 2 is 2.19 bits per heavy atom. The second-order valence-corrected chi connectivity index (χ2v) is 3.97. The minimum Gasteiger partial charge on any atom is -0.337 e. The molecule has 3 aromatic rings. The highest BCUT2D eigenvalue weighted by molar-refractivity contribution is 6.34. The third kappa shape index (κ3) is 1.31. The van der Waals surface area contributed by atoms with Crippen molar-refractivity contribution in [2.45, 2.75) is 0 Å². The van der Waals surface area contributed by atoms with Crippen molar-refractivity contribution in [3.8, 4) is 11.5 Å². The highest BCUT2D eigenvalue weighted by atomic mass is 35.5. The van der Waals surface area contributed by atoms with Crippen molar-refractivity contribution < 1.29 is 0 Å². The Hall–Kier alpha value is -1.81. The Morgan fingerprint density at radius 3 is 2.88 bits per heavy atom. The quantitative estimate of drug-likeness (QED) is 0.701. The topological polar surface area (TPSA) is 46.5 Å². The molecule has 0 aliphatic heterocycles. The van der Waals surface area contributed by atoms with Crippen LogP contribution < -0.4 is 0 Å². The maximum atomic E-state index is 6.07. The summed E-state index contributed by atoms with van der Waals surface area (Å²) >= 11 is 6.07. The molecule has 16 heavy (non-hydrogen) atoms. The fourth-order valence-electron chi connectivity index (χ4n) is 1.72. The lowest BCUT2D eigenvalue weighted by Crippen LogP contribution is -1.94.